The Morgan fingerprint density at radius 1 is 0.841 bits per heavy atom. The number of nitrogens with zero attached hydrogens (tertiary/aromatic N) is 2. The van der Waals surface area contributed by atoms with Gasteiger partial charge in [0.05, 0.1) is 19.1 Å². The van der Waals surface area contributed by atoms with Gasteiger partial charge in [-0.2, -0.15) is 0 Å². The Morgan fingerprint density at radius 2 is 1.34 bits per heavy atom. The Morgan fingerprint density at radius 3 is 1.82 bits per heavy atom. The van der Waals surface area contributed by atoms with Gasteiger partial charge >= 0.3 is 5.97 Å². The number of nitrogens with one attached hydrogen (secondary N) is 1. The summed E-state index contributed by atoms with van der Waals surface area (Å²) >= 11 is 0. The number of amides is 1. The van der Waals surface area contributed by atoms with Crippen molar-refractivity contribution in [3.05, 3.63) is 162 Å². The molecular formula is C38H37N3O3. The molecule has 0 aliphatic heterocycles. The molecule has 6 rings (SSSR count). The molecule has 44 heavy (non-hydrogen) atoms. The summed E-state index contributed by atoms with van der Waals surface area (Å²) < 4.78 is 7.25. The second kappa shape index (κ2) is 12.7. The van der Waals surface area contributed by atoms with Crippen LogP contribution >= 0.6 is 0 Å². The lowest BCUT2D eigenvalue weighted by Gasteiger charge is -2.37. The van der Waals surface area contributed by atoms with Gasteiger partial charge in [0.25, 0.3) is 0 Å². The number of hydrogen-bond acceptors (Lipinski definition) is 4. The molecule has 4 atom stereocenters. The Hall–Kier alpha value is -4.97. The molecule has 0 spiro atoms. The number of aromatic nitrogens is 2. The molecule has 1 heterocycles. The van der Waals surface area contributed by atoms with Crippen molar-refractivity contribution in [2.75, 3.05) is 7.11 Å². The molecule has 4 aromatic carbocycles. The van der Waals surface area contributed by atoms with Crippen LogP contribution in [0, 0.1) is 11.8 Å². The minimum absolute atomic E-state index is 0.133. The largest absolute Gasteiger partial charge is 0.467 e. The summed E-state index contributed by atoms with van der Waals surface area (Å²) in [5, 5.41) is 2.98. The SMILES string of the molecule is CC[C@H](C(=O)N[C@H](C(=O)OC)c1ccccc1)[C@H]1C[C@@H]1c1cn(C(c2ccccc2)(c2ccccc2)c2ccccc2)cn1. The van der Waals surface area contributed by atoms with Crippen LogP contribution in [0.4, 0.5) is 0 Å². The minimum atomic E-state index is -0.845. The molecule has 1 amide bonds. The number of hydrogen-bond donors (Lipinski definition) is 1. The van der Waals surface area contributed by atoms with Gasteiger partial charge in [0.15, 0.2) is 6.04 Å². The summed E-state index contributed by atoms with van der Waals surface area (Å²) in [7, 11) is 1.34. The van der Waals surface area contributed by atoms with Gasteiger partial charge in [-0.05, 0) is 41.0 Å². The molecule has 222 valence electrons. The Kier molecular flexibility index (Phi) is 8.42. The molecule has 0 saturated heterocycles. The van der Waals surface area contributed by atoms with Crippen molar-refractivity contribution in [3.63, 3.8) is 0 Å². The summed E-state index contributed by atoms with van der Waals surface area (Å²) in [4.78, 5) is 31.2. The lowest BCUT2D eigenvalue weighted by atomic mass is 9.77. The number of esters is 1. The van der Waals surface area contributed by atoms with Gasteiger partial charge in [0.1, 0.15) is 5.54 Å². The van der Waals surface area contributed by atoms with Gasteiger partial charge in [-0.1, -0.05) is 128 Å². The highest BCUT2D eigenvalue weighted by Gasteiger charge is 2.48. The lowest BCUT2D eigenvalue weighted by Crippen LogP contribution is -2.39. The molecule has 1 fully saturated rings. The molecule has 1 N–H and O–H groups in total. The van der Waals surface area contributed by atoms with E-state index in [2.05, 4.69) is 88.9 Å². The van der Waals surface area contributed by atoms with E-state index in [-0.39, 0.29) is 23.7 Å². The predicted molar refractivity (Wildman–Crippen MR) is 171 cm³/mol. The zero-order chi connectivity index (χ0) is 30.5. The topological polar surface area (TPSA) is 73.2 Å². The lowest BCUT2D eigenvalue weighted by molar-refractivity contribution is -0.146. The number of imidazole rings is 1. The smallest absolute Gasteiger partial charge is 0.333 e. The van der Waals surface area contributed by atoms with Crippen LogP contribution in [0.1, 0.15) is 59.7 Å². The first kappa shape index (κ1) is 29.1. The molecule has 0 unspecified atom stereocenters. The molecule has 5 aromatic rings. The average Bonchev–Trinajstić information content (AvgIpc) is 3.71. The number of rotatable bonds is 11. The van der Waals surface area contributed by atoms with Crippen molar-refractivity contribution in [2.24, 2.45) is 11.8 Å². The van der Waals surface area contributed by atoms with Gasteiger partial charge < -0.3 is 14.6 Å². The number of methoxy groups -OCH3 is 1. The van der Waals surface area contributed by atoms with Crippen LogP contribution in [-0.4, -0.2) is 28.5 Å². The summed E-state index contributed by atoms with van der Waals surface area (Å²) in [6.45, 7) is 2.03. The Balaban J connectivity index is 1.32. The normalized spacial score (nSPS) is 17.3. The predicted octanol–water partition coefficient (Wildman–Crippen LogP) is 6.88. The summed E-state index contributed by atoms with van der Waals surface area (Å²) in [6, 6.07) is 40.0. The summed E-state index contributed by atoms with van der Waals surface area (Å²) in [5.41, 5.74) is 4.44. The quantitative estimate of drug-likeness (QED) is 0.136. The third-order valence-corrected chi connectivity index (χ3v) is 8.93. The Bertz CT molecular complexity index is 1590. The first-order valence-corrected chi connectivity index (χ1v) is 15.2. The summed E-state index contributed by atoms with van der Waals surface area (Å²) in [6.07, 6.45) is 5.62. The van der Waals surface area contributed by atoms with E-state index >= 15 is 0 Å². The molecular weight excluding hydrogens is 546 g/mol. The van der Waals surface area contributed by atoms with Crippen LogP contribution in [0.15, 0.2) is 134 Å². The third kappa shape index (κ3) is 5.44. The number of carbonyl (C=O) groups excluding carboxylic acids is 2. The van der Waals surface area contributed by atoms with Crippen molar-refractivity contribution in [1.29, 1.82) is 0 Å². The van der Waals surface area contributed by atoms with E-state index in [0.717, 1.165) is 28.8 Å². The van der Waals surface area contributed by atoms with Crippen LogP contribution in [0.3, 0.4) is 0 Å². The highest BCUT2D eigenvalue weighted by molar-refractivity contribution is 5.87. The van der Waals surface area contributed by atoms with E-state index in [4.69, 9.17) is 9.72 Å². The second-order valence-electron chi connectivity index (χ2n) is 11.4. The second-order valence-corrected chi connectivity index (χ2v) is 11.4. The van der Waals surface area contributed by atoms with Gasteiger partial charge in [-0.15, -0.1) is 0 Å². The molecule has 6 heteroatoms. The number of carbonyl (C=O) groups is 2. The van der Waals surface area contributed by atoms with E-state index < -0.39 is 17.6 Å². The van der Waals surface area contributed by atoms with Crippen LogP contribution in [0.2, 0.25) is 0 Å². The van der Waals surface area contributed by atoms with Gasteiger partial charge in [0.2, 0.25) is 5.91 Å². The highest BCUT2D eigenvalue weighted by Crippen LogP contribution is 2.53. The molecule has 1 aliphatic rings. The number of ether oxygens (including phenoxy) is 1. The molecule has 1 aromatic heterocycles. The first-order chi connectivity index (χ1) is 21.6. The minimum Gasteiger partial charge on any atom is -0.467 e. The van der Waals surface area contributed by atoms with Crippen molar-refractivity contribution >= 4 is 11.9 Å². The van der Waals surface area contributed by atoms with Crippen molar-refractivity contribution in [3.8, 4) is 0 Å². The summed E-state index contributed by atoms with van der Waals surface area (Å²) in [5.74, 6) is -0.573. The van der Waals surface area contributed by atoms with E-state index in [1.54, 1.807) is 0 Å². The van der Waals surface area contributed by atoms with E-state index in [1.807, 2.05) is 61.8 Å². The highest BCUT2D eigenvalue weighted by atomic mass is 16.5. The van der Waals surface area contributed by atoms with Crippen molar-refractivity contribution in [2.45, 2.75) is 37.3 Å². The van der Waals surface area contributed by atoms with Gasteiger partial charge in [-0.3, -0.25) is 4.79 Å². The maximum atomic E-state index is 13.6. The van der Waals surface area contributed by atoms with Crippen LogP contribution in [-0.2, 0) is 19.9 Å². The fourth-order valence-electron chi connectivity index (χ4n) is 6.67. The number of benzene rings is 4. The van der Waals surface area contributed by atoms with Crippen LogP contribution in [0.25, 0.3) is 0 Å². The molecule has 1 saturated carbocycles. The molecule has 0 bridgehead atoms. The fourth-order valence-corrected chi connectivity index (χ4v) is 6.67. The zero-order valence-electron chi connectivity index (χ0n) is 25.0. The van der Waals surface area contributed by atoms with E-state index in [0.29, 0.717) is 12.0 Å². The average molecular weight is 584 g/mol. The first-order valence-electron chi connectivity index (χ1n) is 15.2. The van der Waals surface area contributed by atoms with Gasteiger partial charge in [-0.25, -0.2) is 9.78 Å². The molecule has 1 aliphatic carbocycles. The third-order valence-electron chi connectivity index (χ3n) is 8.93. The van der Waals surface area contributed by atoms with Crippen molar-refractivity contribution < 1.29 is 14.3 Å². The maximum Gasteiger partial charge on any atom is 0.333 e. The zero-order valence-corrected chi connectivity index (χ0v) is 25.0. The maximum absolute atomic E-state index is 13.6. The van der Waals surface area contributed by atoms with Gasteiger partial charge in [0, 0.05) is 18.0 Å². The molecule has 6 nitrogen and oxygen atoms in total. The van der Waals surface area contributed by atoms with E-state index in [1.165, 1.54) is 7.11 Å². The standard InChI is InChI=1S/C38H37N3O3/c1-3-31(36(42)40-35(37(43)44-2)27-16-8-4-9-17-27)32-24-33(32)34-25-41(26-39-34)38(28-18-10-5-11-19-28,29-20-12-6-13-21-29)30-22-14-7-15-23-30/h4-23,25-26,31-33,35H,3,24H2,1-2H3,(H,40,42)/t31-,32+,33-,35-/m0/s1. The van der Waals surface area contributed by atoms with Crippen LogP contribution < -0.4 is 5.32 Å². The van der Waals surface area contributed by atoms with Crippen molar-refractivity contribution in [1.82, 2.24) is 14.9 Å². The Labute approximate surface area is 258 Å². The fraction of sp³-hybridized carbons (Fsp3) is 0.237. The van der Waals surface area contributed by atoms with Crippen LogP contribution in [0.5, 0.6) is 0 Å². The van der Waals surface area contributed by atoms with E-state index in [9.17, 15) is 9.59 Å². The monoisotopic (exact) mass is 583 g/mol. The molecule has 0 radical (unpaired) electrons.